The molecular formula is C15H24N2O3. The van der Waals surface area contributed by atoms with Crippen LogP contribution in [0.3, 0.4) is 0 Å². The van der Waals surface area contributed by atoms with E-state index in [1.807, 2.05) is 0 Å². The maximum Gasteiger partial charge on any atom is 0.337 e. The van der Waals surface area contributed by atoms with Crippen LogP contribution in [0.15, 0.2) is 18.2 Å². The Hall–Kier alpha value is -1.75. The number of nitrogens with zero attached hydrogens (tertiary/aromatic N) is 1. The highest BCUT2D eigenvalue weighted by Gasteiger charge is 2.11. The van der Waals surface area contributed by atoms with Gasteiger partial charge in [-0.25, -0.2) is 4.79 Å². The van der Waals surface area contributed by atoms with E-state index in [2.05, 4.69) is 24.1 Å². The number of nitrogens with one attached hydrogen (secondary N) is 1. The molecule has 0 saturated carbocycles. The standard InChI is InChI=1S/C15H24N2O3/c1-4-9-17(5-2)10-8-16-14-11-12(20-3)6-7-13(14)15(18)19/h6-7,11,16H,4-5,8-10H2,1-3H3,(H,18,19). The first-order valence-corrected chi connectivity index (χ1v) is 6.99. The Morgan fingerprint density at radius 3 is 2.65 bits per heavy atom. The van der Waals surface area contributed by atoms with Crippen LogP contribution in [-0.2, 0) is 0 Å². The molecule has 1 aromatic carbocycles. The smallest absolute Gasteiger partial charge is 0.337 e. The lowest BCUT2D eigenvalue weighted by atomic mass is 10.1. The van der Waals surface area contributed by atoms with E-state index in [0.717, 1.165) is 26.1 Å². The molecule has 0 fully saturated rings. The summed E-state index contributed by atoms with van der Waals surface area (Å²) in [5.41, 5.74) is 0.869. The van der Waals surface area contributed by atoms with Crippen molar-refractivity contribution in [2.24, 2.45) is 0 Å². The second-order valence-corrected chi connectivity index (χ2v) is 4.58. The fourth-order valence-electron chi connectivity index (χ4n) is 2.08. The Kier molecular flexibility index (Phi) is 6.87. The van der Waals surface area contributed by atoms with Crippen molar-refractivity contribution in [3.8, 4) is 5.75 Å². The van der Waals surface area contributed by atoms with Crippen LogP contribution < -0.4 is 10.1 Å². The Labute approximate surface area is 120 Å². The van der Waals surface area contributed by atoms with Crippen molar-refractivity contribution >= 4 is 11.7 Å². The molecule has 2 N–H and O–H groups in total. The highest BCUT2D eigenvalue weighted by Crippen LogP contribution is 2.22. The maximum absolute atomic E-state index is 11.2. The van der Waals surface area contributed by atoms with Crippen LogP contribution in [0, 0.1) is 0 Å². The summed E-state index contributed by atoms with van der Waals surface area (Å²) in [4.78, 5) is 13.5. The van der Waals surface area contributed by atoms with E-state index in [4.69, 9.17) is 4.74 Å². The lowest BCUT2D eigenvalue weighted by Crippen LogP contribution is -2.29. The molecule has 0 heterocycles. The lowest BCUT2D eigenvalue weighted by Gasteiger charge is -2.20. The molecule has 1 aromatic rings. The maximum atomic E-state index is 11.2. The van der Waals surface area contributed by atoms with Gasteiger partial charge in [0.05, 0.1) is 18.4 Å². The van der Waals surface area contributed by atoms with Gasteiger partial charge < -0.3 is 20.1 Å². The highest BCUT2D eigenvalue weighted by molar-refractivity contribution is 5.94. The minimum absolute atomic E-state index is 0.268. The molecular weight excluding hydrogens is 256 g/mol. The van der Waals surface area contributed by atoms with Crippen molar-refractivity contribution < 1.29 is 14.6 Å². The zero-order valence-corrected chi connectivity index (χ0v) is 12.5. The summed E-state index contributed by atoms with van der Waals surface area (Å²) in [6, 6.07) is 4.94. The molecule has 0 aromatic heterocycles. The second-order valence-electron chi connectivity index (χ2n) is 4.58. The van der Waals surface area contributed by atoms with E-state index in [-0.39, 0.29) is 5.56 Å². The second kappa shape index (κ2) is 8.43. The number of carboxylic acids is 1. The van der Waals surface area contributed by atoms with Gasteiger partial charge in [-0.15, -0.1) is 0 Å². The van der Waals surface area contributed by atoms with Gasteiger partial charge in [-0.1, -0.05) is 13.8 Å². The molecule has 5 heteroatoms. The first-order chi connectivity index (χ1) is 9.62. The molecule has 0 amide bonds. The average Bonchev–Trinajstić information content (AvgIpc) is 2.45. The van der Waals surface area contributed by atoms with Gasteiger partial charge in [-0.05, 0) is 31.6 Å². The van der Waals surface area contributed by atoms with Crippen LogP contribution in [-0.4, -0.2) is 49.3 Å². The van der Waals surface area contributed by atoms with Crippen molar-refractivity contribution in [1.82, 2.24) is 4.90 Å². The van der Waals surface area contributed by atoms with Crippen molar-refractivity contribution in [3.63, 3.8) is 0 Å². The number of aromatic carboxylic acids is 1. The summed E-state index contributed by atoms with van der Waals surface area (Å²) < 4.78 is 5.13. The predicted octanol–water partition coefficient (Wildman–Crippen LogP) is 2.54. The van der Waals surface area contributed by atoms with Crippen molar-refractivity contribution in [1.29, 1.82) is 0 Å². The lowest BCUT2D eigenvalue weighted by molar-refractivity contribution is 0.0698. The number of carboxylic acid groups (broad SMARTS) is 1. The van der Waals surface area contributed by atoms with E-state index in [1.54, 1.807) is 25.3 Å². The molecule has 0 unspecified atom stereocenters. The zero-order chi connectivity index (χ0) is 15.0. The fraction of sp³-hybridized carbons (Fsp3) is 0.533. The van der Waals surface area contributed by atoms with Gasteiger partial charge in [0.25, 0.3) is 0 Å². The summed E-state index contributed by atoms with van der Waals surface area (Å²) in [6.07, 6.45) is 1.12. The van der Waals surface area contributed by atoms with Gasteiger partial charge >= 0.3 is 5.97 Å². The molecule has 20 heavy (non-hydrogen) atoms. The molecule has 0 bridgehead atoms. The van der Waals surface area contributed by atoms with Gasteiger partial charge in [-0.3, -0.25) is 0 Å². The van der Waals surface area contributed by atoms with Crippen molar-refractivity contribution in [2.45, 2.75) is 20.3 Å². The number of anilines is 1. The molecule has 0 saturated heterocycles. The number of methoxy groups -OCH3 is 1. The minimum Gasteiger partial charge on any atom is -0.497 e. The fourth-order valence-corrected chi connectivity index (χ4v) is 2.08. The van der Waals surface area contributed by atoms with Gasteiger partial charge in [0.2, 0.25) is 0 Å². The number of hydrogen-bond acceptors (Lipinski definition) is 4. The molecule has 5 nitrogen and oxygen atoms in total. The number of likely N-dealkylation sites (N-methyl/N-ethyl adjacent to an activating group) is 1. The van der Waals surface area contributed by atoms with Crippen LogP contribution in [0.2, 0.25) is 0 Å². The van der Waals surface area contributed by atoms with Crippen LogP contribution >= 0.6 is 0 Å². The van der Waals surface area contributed by atoms with E-state index in [0.29, 0.717) is 18.0 Å². The first kappa shape index (κ1) is 16.3. The molecule has 0 spiro atoms. The summed E-state index contributed by atoms with van der Waals surface area (Å²) in [5.74, 6) is -0.283. The summed E-state index contributed by atoms with van der Waals surface area (Å²) in [7, 11) is 1.57. The Morgan fingerprint density at radius 1 is 1.35 bits per heavy atom. The zero-order valence-electron chi connectivity index (χ0n) is 12.5. The predicted molar refractivity (Wildman–Crippen MR) is 80.8 cm³/mol. The highest BCUT2D eigenvalue weighted by atomic mass is 16.5. The van der Waals surface area contributed by atoms with E-state index in [1.165, 1.54) is 0 Å². The molecule has 0 aliphatic rings. The molecule has 112 valence electrons. The Balaban J connectivity index is 2.67. The topological polar surface area (TPSA) is 61.8 Å². The minimum atomic E-state index is -0.934. The Bertz CT molecular complexity index is 435. The monoisotopic (exact) mass is 280 g/mol. The Morgan fingerprint density at radius 2 is 2.10 bits per heavy atom. The molecule has 1 rings (SSSR count). The van der Waals surface area contributed by atoms with Gasteiger partial charge in [0.15, 0.2) is 0 Å². The average molecular weight is 280 g/mol. The molecule has 0 aliphatic carbocycles. The number of hydrogen-bond donors (Lipinski definition) is 2. The first-order valence-electron chi connectivity index (χ1n) is 6.99. The molecule has 0 aliphatic heterocycles. The third-order valence-electron chi connectivity index (χ3n) is 3.19. The summed E-state index contributed by atoms with van der Waals surface area (Å²) in [6.45, 7) is 7.94. The number of benzene rings is 1. The normalized spacial score (nSPS) is 10.6. The number of rotatable bonds is 9. The van der Waals surface area contributed by atoms with E-state index < -0.39 is 5.97 Å². The largest absolute Gasteiger partial charge is 0.497 e. The van der Waals surface area contributed by atoms with Gasteiger partial charge in [-0.2, -0.15) is 0 Å². The summed E-state index contributed by atoms with van der Waals surface area (Å²) in [5, 5.41) is 12.4. The number of carbonyl (C=O) groups is 1. The van der Waals surface area contributed by atoms with Gasteiger partial charge in [0.1, 0.15) is 5.75 Å². The number of ether oxygens (including phenoxy) is 1. The van der Waals surface area contributed by atoms with E-state index >= 15 is 0 Å². The van der Waals surface area contributed by atoms with Crippen LogP contribution in [0.1, 0.15) is 30.6 Å². The quantitative estimate of drug-likeness (QED) is 0.728. The van der Waals surface area contributed by atoms with Crippen molar-refractivity contribution in [3.05, 3.63) is 23.8 Å². The van der Waals surface area contributed by atoms with E-state index in [9.17, 15) is 9.90 Å². The SMILES string of the molecule is CCCN(CC)CCNc1cc(OC)ccc1C(=O)O. The molecule has 0 radical (unpaired) electrons. The third kappa shape index (κ3) is 4.74. The summed E-state index contributed by atoms with van der Waals surface area (Å²) >= 11 is 0. The third-order valence-corrected chi connectivity index (χ3v) is 3.19. The van der Waals surface area contributed by atoms with Crippen LogP contribution in [0.4, 0.5) is 5.69 Å². The molecule has 0 atom stereocenters. The van der Waals surface area contributed by atoms with Crippen molar-refractivity contribution in [2.75, 3.05) is 38.6 Å². The van der Waals surface area contributed by atoms with Crippen LogP contribution in [0.25, 0.3) is 0 Å². The van der Waals surface area contributed by atoms with Crippen LogP contribution in [0.5, 0.6) is 5.75 Å². The van der Waals surface area contributed by atoms with Gasteiger partial charge in [0, 0.05) is 19.2 Å².